The van der Waals surface area contributed by atoms with E-state index in [-0.39, 0.29) is 17.9 Å². The molecule has 1 N–H and O–H groups in total. The number of nitrogens with one attached hydrogen (secondary N) is 1. The van der Waals surface area contributed by atoms with Crippen LogP contribution < -0.4 is 5.32 Å². The molecule has 0 aliphatic heterocycles. The Kier molecular flexibility index (Phi) is 9.32. The molecule has 1 rings (SSSR count). The second-order valence-electron chi connectivity index (χ2n) is 6.81. The van der Waals surface area contributed by atoms with Crippen LogP contribution in [0.2, 0.25) is 0 Å². The van der Waals surface area contributed by atoms with Crippen molar-refractivity contribution in [3.63, 3.8) is 0 Å². The number of rotatable bonds is 11. The SMILES string of the molecule is CCCCCCN(CCC(=O)N[C@H](C)CC)C(=O)c1cc(C)oc1C. The average Bonchev–Trinajstić information content (AvgIpc) is 2.91. The van der Waals surface area contributed by atoms with Crippen molar-refractivity contribution in [2.45, 2.75) is 79.2 Å². The predicted octanol–water partition coefficient (Wildman–Crippen LogP) is 4.22. The molecule has 0 bridgehead atoms. The quantitative estimate of drug-likeness (QED) is 0.608. The molecule has 0 saturated heterocycles. The van der Waals surface area contributed by atoms with E-state index in [1.165, 1.54) is 6.42 Å². The van der Waals surface area contributed by atoms with E-state index in [2.05, 4.69) is 12.2 Å². The lowest BCUT2D eigenvalue weighted by Crippen LogP contribution is -2.38. The molecule has 0 aliphatic rings. The lowest BCUT2D eigenvalue weighted by Gasteiger charge is -2.23. The highest BCUT2D eigenvalue weighted by Crippen LogP contribution is 2.17. The van der Waals surface area contributed by atoms with Crippen LogP contribution in [0.25, 0.3) is 0 Å². The fourth-order valence-corrected chi connectivity index (χ4v) is 2.74. The second kappa shape index (κ2) is 11.0. The molecule has 0 spiro atoms. The van der Waals surface area contributed by atoms with Gasteiger partial charge in [0, 0.05) is 25.6 Å². The van der Waals surface area contributed by atoms with Crippen LogP contribution in [-0.4, -0.2) is 35.8 Å². The minimum absolute atomic E-state index is 0.000745. The molecule has 0 radical (unpaired) electrons. The van der Waals surface area contributed by atoms with Gasteiger partial charge in [0.1, 0.15) is 11.5 Å². The standard InChI is InChI=1S/C20H34N2O3/c1-6-8-9-10-12-22(13-11-19(23)21-15(3)7-2)20(24)18-14-16(4)25-17(18)5/h14-15H,6-13H2,1-5H3,(H,21,23)/t15-/m1/s1. The van der Waals surface area contributed by atoms with Crippen molar-refractivity contribution >= 4 is 11.8 Å². The third-order valence-corrected chi connectivity index (χ3v) is 4.47. The first-order valence-corrected chi connectivity index (χ1v) is 9.54. The molecule has 0 saturated carbocycles. The van der Waals surface area contributed by atoms with Gasteiger partial charge in [-0.05, 0) is 39.7 Å². The van der Waals surface area contributed by atoms with Crippen molar-refractivity contribution in [3.8, 4) is 0 Å². The van der Waals surface area contributed by atoms with E-state index >= 15 is 0 Å². The van der Waals surface area contributed by atoms with Crippen LogP contribution in [-0.2, 0) is 4.79 Å². The Balaban J connectivity index is 2.69. The molecule has 0 fully saturated rings. The molecule has 1 atom stereocenters. The maximum atomic E-state index is 12.9. The Morgan fingerprint density at radius 1 is 1.16 bits per heavy atom. The molecule has 0 aromatic carbocycles. The average molecular weight is 351 g/mol. The zero-order chi connectivity index (χ0) is 18.8. The van der Waals surface area contributed by atoms with Gasteiger partial charge in [0.2, 0.25) is 5.91 Å². The highest BCUT2D eigenvalue weighted by molar-refractivity contribution is 5.95. The van der Waals surface area contributed by atoms with Crippen molar-refractivity contribution in [2.75, 3.05) is 13.1 Å². The summed E-state index contributed by atoms with van der Waals surface area (Å²) in [4.78, 5) is 26.7. The van der Waals surface area contributed by atoms with E-state index in [9.17, 15) is 9.59 Å². The summed E-state index contributed by atoms with van der Waals surface area (Å²) >= 11 is 0. The largest absolute Gasteiger partial charge is 0.466 e. The van der Waals surface area contributed by atoms with Crippen LogP contribution >= 0.6 is 0 Å². The van der Waals surface area contributed by atoms with E-state index in [4.69, 9.17) is 4.42 Å². The third kappa shape index (κ3) is 7.32. The van der Waals surface area contributed by atoms with Crippen LogP contribution in [0, 0.1) is 13.8 Å². The zero-order valence-corrected chi connectivity index (χ0v) is 16.5. The van der Waals surface area contributed by atoms with E-state index in [1.54, 1.807) is 11.0 Å². The summed E-state index contributed by atoms with van der Waals surface area (Å²) in [6.07, 6.45) is 5.62. The fourth-order valence-electron chi connectivity index (χ4n) is 2.74. The zero-order valence-electron chi connectivity index (χ0n) is 16.5. The summed E-state index contributed by atoms with van der Waals surface area (Å²) in [5, 5.41) is 2.96. The van der Waals surface area contributed by atoms with Crippen LogP contribution in [0.3, 0.4) is 0 Å². The molecule has 1 aromatic rings. The number of furan rings is 1. The Labute approximate surface area is 152 Å². The summed E-state index contributed by atoms with van der Waals surface area (Å²) in [6.45, 7) is 11.0. The first-order valence-electron chi connectivity index (χ1n) is 9.54. The summed E-state index contributed by atoms with van der Waals surface area (Å²) in [6, 6.07) is 1.95. The summed E-state index contributed by atoms with van der Waals surface area (Å²) < 4.78 is 5.49. The Morgan fingerprint density at radius 3 is 2.44 bits per heavy atom. The highest BCUT2D eigenvalue weighted by atomic mass is 16.3. The molecule has 0 unspecified atom stereocenters. The van der Waals surface area contributed by atoms with E-state index in [0.29, 0.717) is 30.8 Å². The Bertz CT molecular complexity index is 551. The normalized spacial score (nSPS) is 12.0. The summed E-state index contributed by atoms with van der Waals surface area (Å²) in [5.74, 6) is 1.34. The van der Waals surface area contributed by atoms with Crippen molar-refractivity contribution < 1.29 is 14.0 Å². The van der Waals surface area contributed by atoms with Crippen LogP contribution in [0.1, 0.15) is 81.2 Å². The van der Waals surface area contributed by atoms with Crippen molar-refractivity contribution in [1.82, 2.24) is 10.2 Å². The maximum absolute atomic E-state index is 12.9. The van der Waals surface area contributed by atoms with E-state index < -0.39 is 0 Å². The first kappa shape index (κ1) is 21.3. The fraction of sp³-hybridized carbons (Fsp3) is 0.700. The van der Waals surface area contributed by atoms with Crippen LogP contribution in [0.4, 0.5) is 0 Å². The Hall–Kier alpha value is -1.78. The highest BCUT2D eigenvalue weighted by Gasteiger charge is 2.21. The number of carbonyl (C=O) groups excluding carboxylic acids is 2. The van der Waals surface area contributed by atoms with Gasteiger partial charge in [-0.15, -0.1) is 0 Å². The summed E-state index contributed by atoms with van der Waals surface area (Å²) in [5.41, 5.74) is 0.607. The van der Waals surface area contributed by atoms with Crippen molar-refractivity contribution in [1.29, 1.82) is 0 Å². The van der Waals surface area contributed by atoms with Crippen molar-refractivity contribution in [3.05, 3.63) is 23.2 Å². The van der Waals surface area contributed by atoms with E-state index in [1.807, 2.05) is 27.7 Å². The smallest absolute Gasteiger partial charge is 0.257 e. The maximum Gasteiger partial charge on any atom is 0.257 e. The van der Waals surface area contributed by atoms with Gasteiger partial charge in [0.15, 0.2) is 0 Å². The van der Waals surface area contributed by atoms with Gasteiger partial charge in [0.05, 0.1) is 5.56 Å². The molecule has 25 heavy (non-hydrogen) atoms. The monoisotopic (exact) mass is 350 g/mol. The number of carbonyl (C=O) groups is 2. The Morgan fingerprint density at radius 2 is 1.88 bits per heavy atom. The van der Waals surface area contributed by atoms with Gasteiger partial charge in [-0.3, -0.25) is 9.59 Å². The van der Waals surface area contributed by atoms with Gasteiger partial charge >= 0.3 is 0 Å². The lowest BCUT2D eigenvalue weighted by atomic mass is 10.1. The number of hydrogen-bond acceptors (Lipinski definition) is 3. The minimum atomic E-state index is -0.0396. The molecule has 2 amide bonds. The molecule has 5 nitrogen and oxygen atoms in total. The second-order valence-corrected chi connectivity index (χ2v) is 6.81. The van der Waals surface area contributed by atoms with E-state index in [0.717, 1.165) is 31.4 Å². The summed E-state index contributed by atoms with van der Waals surface area (Å²) in [7, 11) is 0. The van der Waals surface area contributed by atoms with Gasteiger partial charge in [-0.25, -0.2) is 0 Å². The van der Waals surface area contributed by atoms with Crippen LogP contribution in [0.15, 0.2) is 10.5 Å². The third-order valence-electron chi connectivity index (χ3n) is 4.47. The molecule has 5 heteroatoms. The molecular weight excluding hydrogens is 316 g/mol. The van der Waals surface area contributed by atoms with Crippen molar-refractivity contribution in [2.24, 2.45) is 0 Å². The molecule has 1 aromatic heterocycles. The number of nitrogens with zero attached hydrogens (tertiary/aromatic N) is 1. The van der Waals surface area contributed by atoms with Crippen LogP contribution in [0.5, 0.6) is 0 Å². The minimum Gasteiger partial charge on any atom is -0.466 e. The van der Waals surface area contributed by atoms with Gasteiger partial charge < -0.3 is 14.6 Å². The number of hydrogen-bond donors (Lipinski definition) is 1. The molecule has 0 aliphatic carbocycles. The molecular formula is C20H34N2O3. The lowest BCUT2D eigenvalue weighted by molar-refractivity contribution is -0.121. The topological polar surface area (TPSA) is 62.6 Å². The van der Waals surface area contributed by atoms with Gasteiger partial charge in [-0.1, -0.05) is 33.1 Å². The molecule has 142 valence electrons. The van der Waals surface area contributed by atoms with Gasteiger partial charge in [0.25, 0.3) is 5.91 Å². The number of aryl methyl sites for hydroxylation is 2. The first-order chi connectivity index (χ1) is 11.9. The van der Waals surface area contributed by atoms with Gasteiger partial charge in [-0.2, -0.15) is 0 Å². The number of unbranched alkanes of at least 4 members (excludes halogenated alkanes) is 3. The predicted molar refractivity (Wildman–Crippen MR) is 101 cm³/mol. The number of amides is 2. The molecule has 1 heterocycles.